The minimum atomic E-state index is -0.187. The molecule has 0 saturated carbocycles. The summed E-state index contributed by atoms with van der Waals surface area (Å²) in [7, 11) is 0. The van der Waals surface area contributed by atoms with Gasteiger partial charge in [-0.15, -0.1) is 0 Å². The Morgan fingerprint density at radius 2 is 1.60 bits per heavy atom. The van der Waals surface area contributed by atoms with Gasteiger partial charge in [-0.05, 0) is 31.4 Å². The molecule has 0 unspecified atom stereocenters. The third kappa shape index (κ3) is 7.12. The summed E-state index contributed by atoms with van der Waals surface area (Å²) in [5.41, 5.74) is 2.08. The number of hydrogen-bond acceptors (Lipinski definition) is 3. The van der Waals surface area contributed by atoms with Crippen molar-refractivity contribution in [3.05, 3.63) is 46.2 Å². The lowest BCUT2D eigenvalue weighted by molar-refractivity contribution is -0.141. The number of aromatic amines is 1. The molecule has 0 amide bonds. The molecule has 0 spiro atoms. The van der Waals surface area contributed by atoms with Crippen molar-refractivity contribution in [2.75, 3.05) is 6.61 Å². The number of carbonyl (C=O) groups excluding carboxylic acids is 1. The van der Waals surface area contributed by atoms with Crippen LogP contribution in [0.15, 0.2) is 35.1 Å². The van der Waals surface area contributed by atoms with Gasteiger partial charge in [-0.3, -0.25) is 9.59 Å². The molecule has 0 aliphatic heterocycles. The zero-order valence-electron chi connectivity index (χ0n) is 15.2. The van der Waals surface area contributed by atoms with Gasteiger partial charge in [0.2, 0.25) is 0 Å². The predicted octanol–water partition coefficient (Wildman–Crippen LogP) is 4.75. The van der Waals surface area contributed by atoms with Crippen LogP contribution in [0.4, 0.5) is 0 Å². The maximum Gasteiger partial charge on any atom is 0.302 e. The molecule has 2 rings (SSSR count). The second-order valence-electron chi connectivity index (χ2n) is 6.62. The highest BCUT2D eigenvalue weighted by Crippen LogP contribution is 2.12. The molecule has 1 aromatic carbocycles. The number of nitrogens with one attached hydrogen (secondary N) is 1. The van der Waals surface area contributed by atoms with Crippen molar-refractivity contribution in [2.45, 2.75) is 64.7 Å². The first-order valence-corrected chi connectivity index (χ1v) is 9.41. The molecule has 1 N–H and O–H groups in total. The number of fused-ring (bicyclic) bond motifs is 1. The average molecular weight is 343 g/mol. The molecular weight excluding hydrogens is 314 g/mol. The highest BCUT2D eigenvalue weighted by atomic mass is 16.5. The van der Waals surface area contributed by atoms with Crippen LogP contribution in [0, 0.1) is 0 Å². The van der Waals surface area contributed by atoms with Crippen molar-refractivity contribution in [3.63, 3.8) is 0 Å². The summed E-state index contributed by atoms with van der Waals surface area (Å²) < 4.78 is 4.91. The minimum Gasteiger partial charge on any atom is -0.466 e. The molecule has 4 nitrogen and oxygen atoms in total. The number of unbranched alkanes of at least 4 members (excludes halogenated alkanes) is 7. The largest absolute Gasteiger partial charge is 0.466 e. The first kappa shape index (κ1) is 19.2. The van der Waals surface area contributed by atoms with Crippen molar-refractivity contribution >= 4 is 16.9 Å². The van der Waals surface area contributed by atoms with Crippen LogP contribution in [0.3, 0.4) is 0 Å². The monoisotopic (exact) mass is 343 g/mol. The number of benzene rings is 1. The molecule has 0 saturated heterocycles. The number of para-hydroxylation sites is 1. The molecule has 0 radical (unpaired) electrons. The van der Waals surface area contributed by atoms with Gasteiger partial charge in [0, 0.05) is 29.6 Å². The number of aryl methyl sites for hydroxylation is 1. The third-order valence-electron chi connectivity index (χ3n) is 4.44. The molecule has 136 valence electrons. The lowest BCUT2D eigenvalue weighted by Crippen LogP contribution is -2.05. The van der Waals surface area contributed by atoms with Crippen LogP contribution < -0.4 is 5.43 Å². The molecule has 0 bridgehead atoms. The SMILES string of the molecule is CC(=O)OCCCCCCCCCCc1cc(=O)c2ccccc2[nH]1. The van der Waals surface area contributed by atoms with Gasteiger partial charge in [-0.25, -0.2) is 0 Å². The van der Waals surface area contributed by atoms with Crippen LogP contribution in [0.5, 0.6) is 0 Å². The topological polar surface area (TPSA) is 59.2 Å². The molecule has 0 atom stereocenters. The van der Waals surface area contributed by atoms with Gasteiger partial charge in [0.15, 0.2) is 5.43 Å². The fourth-order valence-corrected chi connectivity index (χ4v) is 3.08. The fraction of sp³-hybridized carbons (Fsp3) is 0.524. The lowest BCUT2D eigenvalue weighted by atomic mass is 10.1. The van der Waals surface area contributed by atoms with E-state index in [9.17, 15) is 9.59 Å². The Morgan fingerprint density at radius 1 is 0.960 bits per heavy atom. The summed E-state index contributed by atoms with van der Waals surface area (Å²) in [6, 6.07) is 9.42. The number of pyridine rings is 1. The Kier molecular flexibility index (Phi) is 8.23. The van der Waals surface area contributed by atoms with Gasteiger partial charge in [0.25, 0.3) is 0 Å². The number of aromatic nitrogens is 1. The van der Waals surface area contributed by atoms with Crippen LogP contribution in [-0.4, -0.2) is 17.6 Å². The molecule has 0 aliphatic carbocycles. The molecule has 4 heteroatoms. The molecule has 25 heavy (non-hydrogen) atoms. The summed E-state index contributed by atoms with van der Waals surface area (Å²) in [5, 5.41) is 0.764. The number of rotatable bonds is 11. The van der Waals surface area contributed by atoms with E-state index in [1.165, 1.54) is 39.0 Å². The quantitative estimate of drug-likeness (QED) is 0.473. The predicted molar refractivity (Wildman–Crippen MR) is 102 cm³/mol. The Labute approximate surface area is 149 Å². The van der Waals surface area contributed by atoms with Gasteiger partial charge in [0.1, 0.15) is 0 Å². The number of ether oxygens (including phenoxy) is 1. The minimum absolute atomic E-state index is 0.109. The number of H-pyrrole nitrogens is 1. The van der Waals surface area contributed by atoms with Crippen molar-refractivity contribution in [3.8, 4) is 0 Å². The second kappa shape index (κ2) is 10.7. The summed E-state index contributed by atoms with van der Waals surface area (Å²) >= 11 is 0. The Hall–Kier alpha value is -2.10. The fourth-order valence-electron chi connectivity index (χ4n) is 3.08. The maximum absolute atomic E-state index is 12.1. The van der Waals surface area contributed by atoms with Crippen LogP contribution >= 0.6 is 0 Å². The number of hydrogen-bond donors (Lipinski definition) is 1. The highest BCUT2D eigenvalue weighted by molar-refractivity contribution is 5.78. The van der Waals surface area contributed by atoms with Crippen LogP contribution in [-0.2, 0) is 16.0 Å². The molecule has 0 aliphatic rings. The van der Waals surface area contributed by atoms with E-state index in [1.54, 1.807) is 6.07 Å². The summed E-state index contributed by atoms with van der Waals surface area (Å²) in [6.45, 7) is 2.01. The van der Waals surface area contributed by atoms with E-state index in [4.69, 9.17) is 4.74 Å². The average Bonchev–Trinajstić information content (AvgIpc) is 2.59. The second-order valence-corrected chi connectivity index (χ2v) is 6.62. The first-order valence-electron chi connectivity index (χ1n) is 9.41. The Morgan fingerprint density at radius 3 is 2.32 bits per heavy atom. The Balaban J connectivity index is 1.55. The third-order valence-corrected chi connectivity index (χ3v) is 4.44. The smallest absolute Gasteiger partial charge is 0.302 e. The first-order chi connectivity index (χ1) is 12.2. The number of esters is 1. The normalized spacial score (nSPS) is 10.9. The zero-order chi connectivity index (χ0) is 17.9. The van der Waals surface area contributed by atoms with Gasteiger partial charge in [-0.2, -0.15) is 0 Å². The van der Waals surface area contributed by atoms with E-state index in [0.29, 0.717) is 6.61 Å². The summed E-state index contributed by atoms with van der Waals surface area (Å²) in [4.78, 5) is 26.1. The van der Waals surface area contributed by atoms with E-state index in [0.717, 1.165) is 42.3 Å². The van der Waals surface area contributed by atoms with E-state index < -0.39 is 0 Å². The zero-order valence-corrected chi connectivity index (χ0v) is 15.2. The van der Waals surface area contributed by atoms with Crippen molar-refractivity contribution < 1.29 is 9.53 Å². The van der Waals surface area contributed by atoms with Crippen molar-refractivity contribution in [2.24, 2.45) is 0 Å². The van der Waals surface area contributed by atoms with Crippen LogP contribution in [0.1, 0.15) is 64.0 Å². The highest BCUT2D eigenvalue weighted by Gasteiger charge is 2.01. The van der Waals surface area contributed by atoms with Crippen LogP contribution in [0.2, 0.25) is 0 Å². The van der Waals surface area contributed by atoms with Crippen LogP contribution in [0.25, 0.3) is 10.9 Å². The number of carbonyl (C=O) groups is 1. The van der Waals surface area contributed by atoms with Gasteiger partial charge in [-0.1, -0.05) is 50.7 Å². The molecular formula is C21H29NO3. The maximum atomic E-state index is 12.1. The summed E-state index contributed by atoms with van der Waals surface area (Å²) in [6.07, 6.45) is 10.3. The lowest BCUT2D eigenvalue weighted by Gasteiger charge is -2.05. The molecule has 1 heterocycles. The van der Waals surface area contributed by atoms with E-state index in [1.807, 2.05) is 24.3 Å². The van der Waals surface area contributed by atoms with Crippen molar-refractivity contribution in [1.29, 1.82) is 0 Å². The standard InChI is InChI=1S/C21H29NO3/c1-17(23)25-15-11-7-5-3-2-4-6-8-12-18-16-21(24)19-13-9-10-14-20(19)22-18/h9-10,13-14,16H,2-8,11-12,15H2,1H3,(H,22,24). The van der Waals surface area contributed by atoms with Gasteiger partial charge < -0.3 is 9.72 Å². The van der Waals surface area contributed by atoms with Gasteiger partial charge in [0.05, 0.1) is 6.61 Å². The van der Waals surface area contributed by atoms with E-state index in [2.05, 4.69) is 4.98 Å². The van der Waals surface area contributed by atoms with E-state index in [-0.39, 0.29) is 11.4 Å². The molecule has 2 aromatic rings. The molecule has 0 fully saturated rings. The Bertz CT molecular complexity index is 720. The molecule has 1 aromatic heterocycles. The van der Waals surface area contributed by atoms with Crippen molar-refractivity contribution in [1.82, 2.24) is 4.98 Å². The summed E-state index contributed by atoms with van der Waals surface area (Å²) in [5.74, 6) is -0.187. The van der Waals surface area contributed by atoms with Gasteiger partial charge >= 0.3 is 5.97 Å². The van der Waals surface area contributed by atoms with E-state index >= 15 is 0 Å².